The maximum Gasteiger partial charge on any atom is 0.210 e. The van der Waals surface area contributed by atoms with Gasteiger partial charge in [0.15, 0.2) is 5.96 Å². The highest BCUT2D eigenvalue weighted by atomic mass is 127. The molecule has 9 heteroatoms. The quantitative estimate of drug-likeness (QED) is 0.353. The van der Waals surface area contributed by atoms with Crippen LogP contribution in [-0.2, 0) is 16.6 Å². The van der Waals surface area contributed by atoms with Gasteiger partial charge in [-0.05, 0) is 24.6 Å². The van der Waals surface area contributed by atoms with Crippen LogP contribution in [0.15, 0.2) is 29.3 Å². The van der Waals surface area contributed by atoms with Crippen molar-refractivity contribution in [1.82, 2.24) is 10.6 Å². The number of benzene rings is 1. The summed E-state index contributed by atoms with van der Waals surface area (Å²) in [5, 5.41) is 10.8. The van der Waals surface area contributed by atoms with Crippen LogP contribution in [0.5, 0.6) is 0 Å². The Balaban J connectivity index is 0.00000400. The van der Waals surface area contributed by atoms with Gasteiger partial charge in [0.2, 0.25) is 10.0 Å². The van der Waals surface area contributed by atoms with Crippen molar-refractivity contribution in [2.45, 2.75) is 13.5 Å². The summed E-state index contributed by atoms with van der Waals surface area (Å²) in [5.41, 5.74) is 0.857. The molecule has 0 atom stereocenters. The fraction of sp³-hybridized carbons (Fsp3) is 0.417. The summed E-state index contributed by atoms with van der Waals surface area (Å²) < 4.78 is 34.4. The van der Waals surface area contributed by atoms with Crippen molar-refractivity contribution >= 4 is 40.0 Å². The van der Waals surface area contributed by atoms with Crippen molar-refractivity contribution < 1.29 is 12.8 Å². The van der Waals surface area contributed by atoms with Crippen molar-refractivity contribution in [2.24, 2.45) is 10.1 Å². The van der Waals surface area contributed by atoms with Crippen molar-refractivity contribution in [2.75, 3.05) is 18.8 Å². The highest BCUT2D eigenvalue weighted by Crippen LogP contribution is 2.03. The molecular weight excluding hydrogens is 410 g/mol. The SMILES string of the molecule is CCNC(=NCc1ccc(F)cc1)NCCS(N)(=O)=O.I. The number of primary sulfonamides is 1. The van der Waals surface area contributed by atoms with E-state index in [-0.39, 0.29) is 42.1 Å². The average molecular weight is 430 g/mol. The van der Waals surface area contributed by atoms with E-state index in [0.717, 1.165) is 5.56 Å². The second kappa shape index (κ2) is 9.90. The molecule has 0 radical (unpaired) electrons. The van der Waals surface area contributed by atoms with Gasteiger partial charge in [-0.25, -0.2) is 22.9 Å². The Hall–Kier alpha value is -0.940. The summed E-state index contributed by atoms with van der Waals surface area (Å²) in [6.07, 6.45) is 0. The zero-order valence-corrected chi connectivity index (χ0v) is 14.8. The molecule has 0 fully saturated rings. The first-order chi connectivity index (χ1) is 9.40. The molecule has 1 rings (SSSR count). The number of nitrogens with zero attached hydrogens (tertiary/aromatic N) is 1. The number of nitrogens with two attached hydrogens (primary N) is 1. The van der Waals surface area contributed by atoms with Crippen LogP contribution in [0.2, 0.25) is 0 Å². The Morgan fingerprint density at radius 1 is 1.29 bits per heavy atom. The van der Waals surface area contributed by atoms with Crippen LogP contribution in [0.3, 0.4) is 0 Å². The summed E-state index contributed by atoms with van der Waals surface area (Å²) in [6.45, 7) is 3.08. The minimum Gasteiger partial charge on any atom is -0.357 e. The Morgan fingerprint density at radius 3 is 2.43 bits per heavy atom. The third-order valence-corrected chi connectivity index (χ3v) is 3.13. The zero-order chi connectivity index (χ0) is 15.0. The minimum atomic E-state index is -3.49. The number of rotatable bonds is 6. The molecule has 0 heterocycles. The summed E-state index contributed by atoms with van der Waals surface area (Å²) in [4.78, 5) is 4.27. The predicted molar refractivity (Wildman–Crippen MR) is 92.6 cm³/mol. The smallest absolute Gasteiger partial charge is 0.210 e. The third-order valence-electron chi connectivity index (χ3n) is 2.36. The molecule has 1 aromatic rings. The van der Waals surface area contributed by atoms with E-state index in [9.17, 15) is 12.8 Å². The van der Waals surface area contributed by atoms with E-state index in [0.29, 0.717) is 19.0 Å². The molecule has 0 bridgehead atoms. The predicted octanol–water partition coefficient (Wildman–Crippen LogP) is 0.787. The van der Waals surface area contributed by atoms with Crippen LogP contribution in [0.25, 0.3) is 0 Å². The van der Waals surface area contributed by atoms with Crippen molar-refractivity contribution in [3.63, 3.8) is 0 Å². The third kappa shape index (κ3) is 9.58. The van der Waals surface area contributed by atoms with Gasteiger partial charge < -0.3 is 10.6 Å². The van der Waals surface area contributed by atoms with E-state index < -0.39 is 10.0 Å². The number of guanidine groups is 1. The second-order valence-electron chi connectivity index (χ2n) is 4.12. The van der Waals surface area contributed by atoms with Crippen LogP contribution in [0.4, 0.5) is 4.39 Å². The van der Waals surface area contributed by atoms with Crippen molar-refractivity contribution in [3.05, 3.63) is 35.6 Å². The molecule has 0 aliphatic carbocycles. The summed E-state index contributed by atoms with van der Waals surface area (Å²) >= 11 is 0. The number of hydrogen-bond donors (Lipinski definition) is 3. The lowest BCUT2D eigenvalue weighted by Gasteiger charge is -2.10. The number of aliphatic imine (C=N–C) groups is 1. The van der Waals surface area contributed by atoms with Crippen LogP contribution in [-0.4, -0.2) is 33.2 Å². The normalized spacial score (nSPS) is 11.7. The molecule has 1 aromatic carbocycles. The Kier molecular flexibility index (Phi) is 9.46. The highest BCUT2D eigenvalue weighted by Gasteiger charge is 2.03. The van der Waals surface area contributed by atoms with Crippen LogP contribution in [0.1, 0.15) is 12.5 Å². The molecule has 21 heavy (non-hydrogen) atoms. The number of sulfonamides is 1. The second-order valence-corrected chi connectivity index (χ2v) is 5.85. The molecule has 6 nitrogen and oxygen atoms in total. The molecule has 120 valence electrons. The molecule has 0 spiro atoms. The van der Waals surface area contributed by atoms with Gasteiger partial charge >= 0.3 is 0 Å². The van der Waals surface area contributed by atoms with Crippen LogP contribution in [0, 0.1) is 5.82 Å². The van der Waals surface area contributed by atoms with Crippen LogP contribution >= 0.6 is 24.0 Å². The summed E-state index contributed by atoms with van der Waals surface area (Å²) in [5.74, 6) is 0.0184. The van der Waals surface area contributed by atoms with E-state index in [1.165, 1.54) is 12.1 Å². The van der Waals surface area contributed by atoms with Gasteiger partial charge in [0.1, 0.15) is 5.82 Å². The van der Waals surface area contributed by atoms with E-state index >= 15 is 0 Å². The Labute approximate surface area is 141 Å². The first-order valence-electron chi connectivity index (χ1n) is 6.18. The average Bonchev–Trinajstić information content (AvgIpc) is 2.36. The molecule has 4 N–H and O–H groups in total. The lowest BCUT2D eigenvalue weighted by Crippen LogP contribution is -2.40. The van der Waals surface area contributed by atoms with Crippen molar-refractivity contribution in [1.29, 1.82) is 0 Å². The Morgan fingerprint density at radius 2 is 1.90 bits per heavy atom. The van der Waals surface area contributed by atoms with Gasteiger partial charge in [0.05, 0.1) is 12.3 Å². The van der Waals surface area contributed by atoms with Crippen LogP contribution < -0.4 is 15.8 Å². The molecule has 0 unspecified atom stereocenters. The first kappa shape index (κ1) is 20.1. The van der Waals surface area contributed by atoms with Gasteiger partial charge in [0.25, 0.3) is 0 Å². The largest absolute Gasteiger partial charge is 0.357 e. The Bertz CT molecular complexity index is 549. The lowest BCUT2D eigenvalue weighted by atomic mass is 10.2. The summed E-state index contributed by atoms with van der Waals surface area (Å²) in [6, 6.07) is 6.03. The fourth-order valence-corrected chi connectivity index (χ4v) is 1.80. The van der Waals surface area contributed by atoms with Gasteiger partial charge in [-0.3, -0.25) is 0 Å². The van der Waals surface area contributed by atoms with E-state index in [1.54, 1.807) is 12.1 Å². The molecular formula is C12H20FIN4O2S. The molecule has 0 amide bonds. The standard InChI is InChI=1S/C12H19FN4O2S.HI/c1-2-15-12(16-7-8-20(14,18)19)17-9-10-3-5-11(13)6-4-10;/h3-6H,2,7-9H2,1H3,(H2,14,18,19)(H2,15,16,17);1H. The maximum absolute atomic E-state index is 12.8. The topological polar surface area (TPSA) is 96.6 Å². The highest BCUT2D eigenvalue weighted by molar-refractivity contribution is 14.0. The van der Waals surface area contributed by atoms with Gasteiger partial charge in [-0.2, -0.15) is 0 Å². The van der Waals surface area contributed by atoms with E-state index in [4.69, 9.17) is 5.14 Å². The number of hydrogen-bond acceptors (Lipinski definition) is 3. The molecule has 0 aliphatic rings. The van der Waals surface area contributed by atoms with Gasteiger partial charge in [0, 0.05) is 13.1 Å². The van der Waals surface area contributed by atoms with Gasteiger partial charge in [-0.15, -0.1) is 24.0 Å². The molecule has 0 aliphatic heterocycles. The molecule has 0 saturated carbocycles. The maximum atomic E-state index is 12.8. The number of halogens is 2. The lowest BCUT2D eigenvalue weighted by molar-refractivity contribution is 0.596. The molecule has 0 aromatic heterocycles. The first-order valence-corrected chi connectivity index (χ1v) is 7.89. The number of nitrogens with one attached hydrogen (secondary N) is 2. The van der Waals surface area contributed by atoms with Crippen molar-refractivity contribution in [3.8, 4) is 0 Å². The fourth-order valence-electron chi connectivity index (χ4n) is 1.41. The van der Waals surface area contributed by atoms with E-state index in [1.807, 2.05) is 6.92 Å². The minimum absolute atomic E-state index is 0. The van der Waals surface area contributed by atoms with E-state index in [2.05, 4.69) is 15.6 Å². The van der Waals surface area contributed by atoms with Gasteiger partial charge in [-0.1, -0.05) is 12.1 Å². The summed E-state index contributed by atoms with van der Waals surface area (Å²) in [7, 11) is -3.49. The monoisotopic (exact) mass is 430 g/mol. The molecule has 0 saturated heterocycles. The zero-order valence-electron chi connectivity index (χ0n) is 11.7.